The van der Waals surface area contributed by atoms with Crippen molar-refractivity contribution in [3.05, 3.63) is 47.3 Å². The number of aryl methyl sites for hydroxylation is 2. The summed E-state index contributed by atoms with van der Waals surface area (Å²) in [6.07, 6.45) is 0.980. The van der Waals surface area contributed by atoms with Crippen LogP contribution in [0.2, 0.25) is 0 Å². The van der Waals surface area contributed by atoms with Gasteiger partial charge in [0.1, 0.15) is 0 Å². The maximum Gasteiger partial charge on any atom is 0.335 e. The minimum absolute atomic E-state index is 0.124. The number of rotatable bonds is 7. The van der Waals surface area contributed by atoms with Crippen LogP contribution in [0.1, 0.15) is 34.6 Å². The Kier molecular flexibility index (Phi) is 5.83. The van der Waals surface area contributed by atoms with Crippen LogP contribution in [0.5, 0.6) is 0 Å². The largest absolute Gasteiger partial charge is 0.478 e. The van der Waals surface area contributed by atoms with E-state index < -0.39 is 5.97 Å². The van der Waals surface area contributed by atoms with Gasteiger partial charge in [-0.2, -0.15) is 0 Å². The minimum atomic E-state index is -0.993. The van der Waals surface area contributed by atoms with Gasteiger partial charge in [-0.15, -0.1) is 0 Å². The first kappa shape index (κ1) is 17.4. The number of hydrogen-bond acceptors (Lipinski definition) is 5. The van der Waals surface area contributed by atoms with Gasteiger partial charge in [0.05, 0.1) is 5.56 Å². The smallest absolute Gasteiger partial charge is 0.335 e. The molecule has 24 heavy (non-hydrogen) atoms. The Bertz CT molecular complexity index is 709. The van der Waals surface area contributed by atoms with Crippen molar-refractivity contribution in [1.29, 1.82) is 0 Å². The van der Waals surface area contributed by atoms with E-state index in [2.05, 4.69) is 20.6 Å². The minimum Gasteiger partial charge on any atom is -0.478 e. The molecule has 7 nitrogen and oxygen atoms in total. The molecule has 3 N–H and O–H groups in total. The summed E-state index contributed by atoms with van der Waals surface area (Å²) in [4.78, 5) is 31.2. The fourth-order valence-corrected chi connectivity index (χ4v) is 2.17. The van der Waals surface area contributed by atoms with Crippen molar-refractivity contribution in [1.82, 2.24) is 9.97 Å². The number of anilines is 2. The number of nitrogens with one attached hydrogen (secondary N) is 2. The molecule has 0 radical (unpaired) electrons. The molecule has 0 aliphatic carbocycles. The fraction of sp³-hybridized carbons (Fsp3) is 0.294. The number of hydrogen-bond donors (Lipinski definition) is 3. The lowest BCUT2D eigenvalue weighted by atomic mass is 10.2. The van der Waals surface area contributed by atoms with Gasteiger partial charge >= 0.3 is 5.97 Å². The van der Waals surface area contributed by atoms with Crippen molar-refractivity contribution in [2.24, 2.45) is 0 Å². The molecule has 1 amide bonds. The molecular weight excluding hydrogens is 308 g/mol. The van der Waals surface area contributed by atoms with Crippen LogP contribution in [-0.4, -0.2) is 33.5 Å². The topological polar surface area (TPSA) is 104 Å². The highest BCUT2D eigenvalue weighted by atomic mass is 16.4. The molecule has 2 aromatic rings. The highest BCUT2D eigenvalue weighted by Gasteiger charge is 2.05. The number of aromatic nitrogens is 2. The molecular formula is C17H20N4O3. The van der Waals surface area contributed by atoms with Crippen molar-refractivity contribution in [3.63, 3.8) is 0 Å². The predicted octanol–water partition coefficient (Wildman–Crippen LogP) is 2.62. The molecule has 1 heterocycles. The third-order valence-corrected chi connectivity index (χ3v) is 3.26. The quantitative estimate of drug-likeness (QED) is 0.675. The summed E-state index contributed by atoms with van der Waals surface area (Å²) in [5, 5.41) is 14.7. The molecule has 0 aliphatic rings. The first-order valence-corrected chi connectivity index (χ1v) is 7.63. The predicted molar refractivity (Wildman–Crippen MR) is 91.3 cm³/mol. The van der Waals surface area contributed by atoms with E-state index in [0.29, 0.717) is 31.0 Å². The van der Waals surface area contributed by atoms with Gasteiger partial charge in [0.2, 0.25) is 11.9 Å². The Labute approximate surface area is 140 Å². The fourth-order valence-electron chi connectivity index (χ4n) is 2.17. The van der Waals surface area contributed by atoms with Crippen molar-refractivity contribution in [2.45, 2.75) is 26.7 Å². The Morgan fingerprint density at radius 1 is 1.08 bits per heavy atom. The lowest BCUT2D eigenvalue weighted by Crippen LogP contribution is -2.14. The number of carboxylic acids is 1. The lowest BCUT2D eigenvalue weighted by Gasteiger charge is -2.07. The van der Waals surface area contributed by atoms with E-state index in [1.54, 1.807) is 12.1 Å². The van der Waals surface area contributed by atoms with Crippen LogP contribution in [0.15, 0.2) is 30.3 Å². The van der Waals surface area contributed by atoms with Gasteiger partial charge in [0, 0.05) is 30.0 Å². The van der Waals surface area contributed by atoms with Crippen molar-refractivity contribution >= 4 is 23.5 Å². The zero-order valence-corrected chi connectivity index (χ0v) is 13.7. The Balaban J connectivity index is 1.74. The molecule has 2 rings (SSSR count). The van der Waals surface area contributed by atoms with E-state index in [9.17, 15) is 9.59 Å². The van der Waals surface area contributed by atoms with E-state index in [-0.39, 0.29) is 11.5 Å². The number of nitrogens with zero attached hydrogens (tertiary/aromatic N) is 2. The van der Waals surface area contributed by atoms with Gasteiger partial charge in [-0.1, -0.05) is 0 Å². The standard InChI is InChI=1S/C17H20N4O3/c1-11-10-12(2)20-17(19-11)18-9-3-4-15(22)21-14-7-5-13(6-8-14)16(23)24/h5-8,10H,3-4,9H2,1-2H3,(H,21,22)(H,23,24)(H,18,19,20). The highest BCUT2D eigenvalue weighted by Crippen LogP contribution is 2.10. The molecule has 0 unspecified atom stereocenters. The summed E-state index contributed by atoms with van der Waals surface area (Å²) >= 11 is 0. The number of aromatic carboxylic acids is 1. The van der Waals surface area contributed by atoms with Gasteiger partial charge in [0.15, 0.2) is 0 Å². The first-order chi connectivity index (χ1) is 11.4. The van der Waals surface area contributed by atoms with E-state index in [0.717, 1.165) is 11.4 Å². The maximum atomic E-state index is 11.9. The Morgan fingerprint density at radius 3 is 2.29 bits per heavy atom. The van der Waals surface area contributed by atoms with Crippen LogP contribution >= 0.6 is 0 Å². The molecule has 0 saturated carbocycles. The summed E-state index contributed by atoms with van der Waals surface area (Å²) in [6.45, 7) is 4.40. The lowest BCUT2D eigenvalue weighted by molar-refractivity contribution is -0.116. The number of carbonyl (C=O) groups is 2. The van der Waals surface area contributed by atoms with Gasteiger partial charge in [-0.25, -0.2) is 14.8 Å². The highest BCUT2D eigenvalue weighted by molar-refractivity contribution is 5.92. The van der Waals surface area contributed by atoms with Crippen LogP contribution in [0.4, 0.5) is 11.6 Å². The number of amides is 1. The second-order valence-corrected chi connectivity index (χ2v) is 5.44. The molecule has 126 valence electrons. The summed E-state index contributed by atoms with van der Waals surface area (Å²) in [5.74, 6) is -0.550. The molecule has 0 atom stereocenters. The van der Waals surface area contributed by atoms with E-state index in [4.69, 9.17) is 5.11 Å². The molecule has 1 aromatic heterocycles. The average molecular weight is 328 g/mol. The van der Waals surface area contributed by atoms with E-state index in [1.165, 1.54) is 12.1 Å². The number of benzene rings is 1. The van der Waals surface area contributed by atoms with Crippen LogP contribution in [-0.2, 0) is 4.79 Å². The van der Waals surface area contributed by atoms with E-state index in [1.807, 2.05) is 19.9 Å². The van der Waals surface area contributed by atoms with Crippen LogP contribution < -0.4 is 10.6 Å². The molecule has 7 heteroatoms. The third-order valence-electron chi connectivity index (χ3n) is 3.26. The number of carbonyl (C=O) groups excluding carboxylic acids is 1. The molecule has 1 aromatic carbocycles. The second kappa shape index (κ2) is 8.05. The molecule has 0 spiro atoms. The maximum absolute atomic E-state index is 11.9. The zero-order chi connectivity index (χ0) is 17.5. The van der Waals surface area contributed by atoms with Gasteiger partial charge in [-0.05, 0) is 50.6 Å². The van der Waals surface area contributed by atoms with Crippen molar-refractivity contribution in [3.8, 4) is 0 Å². The van der Waals surface area contributed by atoms with Crippen LogP contribution in [0.25, 0.3) is 0 Å². The number of carboxylic acid groups (broad SMARTS) is 1. The summed E-state index contributed by atoms with van der Waals surface area (Å²) in [6, 6.07) is 7.95. The Hall–Kier alpha value is -2.96. The van der Waals surface area contributed by atoms with Gasteiger partial charge in [0.25, 0.3) is 0 Å². The van der Waals surface area contributed by atoms with Gasteiger partial charge in [-0.3, -0.25) is 4.79 Å². The molecule has 0 aliphatic heterocycles. The normalized spacial score (nSPS) is 10.2. The Morgan fingerprint density at radius 2 is 1.71 bits per heavy atom. The van der Waals surface area contributed by atoms with E-state index >= 15 is 0 Å². The summed E-state index contributed by atoms with van der Waals surface area (Å²) in [5.41, 5.74) is 2.56. The summed E-state index contributed by atoms with van der Waals surface area (Å²) in [7, 11) is 0. The third kappa shape index (κ3) is 5.35. The molecule has 0 saturated heterocycles. The molecule has 0 bridgehead atoms. The van der Waals surface area contributed by atoms with Crippen molar-refractivity contribution < 1.29 is 14.7 Å². The monoisotopic (exact) mass is 328 g/mol. The first-order valence-electron chi connectivity index (χ1n) is 7.63. The second-order valence-electron chi connectivity index (χ2n) is 5.44. The summed E-state index contributed by atoms with van der Waals surface area (Å²) < 4.78 is 0. The SMILES string of the molecule is Cc1cc(C)nc(NCCCC(=O)Nc2ccc(C(=O)O)cc2)n1. The zero-order valence-electron chi connectivity index (χ0n) is 13.7. The van der Waals surface area contributed by atoms with Gasteiger partial charge < -0.3 is 15.7 Å². The molecule has 0 fully saturated rings. The van der Waals surface area contributed by atoms with Crippen LogP contribution in [0, 0.1) is 13.8 Å². The van der Waals surface area contributed by atoms with Crippen LogP contribution in [0.3, 0.4) is 0 Å². The average Bonchev–Trinajstić information content (AvgIpc) is 2.51. The van der Waals surface area contributed by atoms with Crippen molar-refractivity contribution in [2.75, 3.05) is 17.2 Å².